The van der Waals surface area contributed by atoms with Crippen LogP contribution in [0, 0.1) is 0 Å². The number of thioether (sulfide) groups is 1. The summed E-state index contributed by atoms with van der Waals surface area (Å²) in [5.74, 6) is -0.0608. The molecule has 3 aromatic rings. The molecule has 0 saturated heterocycles. The van der Waals surface area contributed by atoms with Gasteiger partial charge in [0.1, 0.15) is 0 Å². The summed E-state index contributed by atoms with van der Waals surface area (Å²) in [5, 5.41) is 5.82. The fourth-order valence-corrected chi connectivity index (χ4v) is 4.24. The number of benzene rings is 2. The van der Waals surface area contributed by atoms with Crippen molar-refractivity contribution in [1.82, 2.24) is 4.98 Å². The molecule has 1 amide bonds. The van der Waals surface area contributed by atoms with E-state index in [9.17, 15) is 4.79 Å². The minimum atomic E-state index is -0.203. The number of nitrogens with one attached hydrogen (secondary N) is 1. The SMILES string of the molecule is CCC(Sc1ccc(N)cc1)C(=O)Nc1nc(-c2ccccc2Cl)cs1. The number of halogens is 1. The zero-order valence-corrected chi connectivity index (χ0v) is 16.5. The number of hydrogen-bond acceptors (Lipinski definition) is 5. The highest BCUT2D eigenvalue weighted by molar-refractivity contribution is 8.00. The molecule has 0 saturated carbocycles. The molecule has 0 fully saturated rings. The van der Waals surface area contributed by atoms with Gasteiger partial charge >= 0.3 is 0 Å². The Hall–Kier alpha value is -2.02. The number of nitrogen functional groups attached to an aromatic ring is 1. The Balaban J connectivity index is 1.68. The Morgan fingerprint density at radius 3 is 2.69 bits per heavy atom. The lowest BCUT2D eigenvalue weighted by Crippen LogP contribution is -2.24. The van der Waals surface area contributed by atoms with Crippen LogP contribution in [0.1, 0.15) is 13.3 Å². The van der Waals surface area contributed by atoms with Crippen LogP contribution in [0.4, 0.5) is 10.8 Å². The smallest absolute Gasteiger partial charge is 0.239 e. The van der Waals surface area contributed by atoms with Gasteiger partial charge in [0, 0.05) is 26.5 Å². The van der Waals surface area contributed by atoms with Crippen LogP contribution >= 0.6 is 34.7 Å². The van der Waals surface area contributed by atoms with Crippen molar-refractivity contribution >= 4 is 51.4 Å². The van der Waals surface area contributed by atoms with Gasteiger partial charge in [0.2, 0.25) is 5.91 Å². The summed E-state index contributed by atoms with van der Waals surface area (Å²) in [6, 6.07) is 15.0. The summed E-state index contributed by atoms with van der Waals surface area (Å²) in [4.78, 5) is 18.1. The molecule has 2 aromatic carbocycles. The Kier molecular flexibility index (Phi) is 6.19. The number of nitrogens with zero attached hydrogens (tertiary/aromatic N) is 1. The summed E-state index contributed by atoms with van der Waals surface area (Å²) >= 11 is 9.12. The van der Waals surface area contributed by atoms with Crippen LogP contribution in [-0.2, 0) is 4.79 Å². The maximum atomic E-state index is 12.6. The van der Waals surface area contributed by atoms with Crippen LogP contribution in [-0.4, -0.2) is 16.1 Å². The highest BCUT2D eigenvalue weighted by Gasteiger charge is 2.19. The number of rotatable bonds is 6. The number of carbonyl (C=O) groups is 1. The lowest BCUT2D eigenvalue weighted by atomic mass is 10.2. The van der Waals surface area contributed by atoms with Gasteiger partial charge < -0.3 is 11.1 Å². The van der Waals surface area contributed by atoms with E-state index in [1.807, 2.05) is 60.8 Å². The van der Waals surface area contributed by atoms with Crippen molar-refractivity contribution in [2.24, 2.45) is 0 Å². The average molecular weight is 404 g/mol. The zero-order chi connectivity index (χ0) is 18.5. The maximum Gasteiger partial charge on any atom is 0.239 e. The summed E-state index contributed by atoms with van der Waals surface area (Å²) in [7, 11) is 0. The van der Waals surface area contributed by atoms with E-state index in [2.05, 4.69) is 10.3 Å². The topological polar surface area (TPSA) is 68.0 Å². The first-order valence-electron chi connectivity index (χ1n) is 8.10. The molecule has 3 rings (SSSR count). The van der Waals surface area contributed by atoms with Gasteiger partial charge in [-0.15, -0.1) is 23.1 Å². The first-order chi connectivity index (χ1) is 12.6. The van der Waals surface area contributed by atoms with E-state index in [1.165, 1.54) is 23.1 Å². The van der Waals surface area contributed by atoms with Crippen LogP contribution in [0.2, 0.25) is 5.02 Å². The van der Waals surface area contributed by atoms with Gasteiger partial charge in [0.15, 0.2) is 5.13 Å². The van der Waals surface area contributed by atoms with E-state index >= 15 is 0 Å². The van der Waals surface area contributed by atoms with E-state index in [4.69, 9.17) is 17.3 Å². The van der Waals surface area contributed by atoms with Crippen molar-refractivity contribution < 1.29 is 4.79 Å². The molecule has 0 spiro atoms. The van der Waals surface area contributed by atoms with Crippen molar-refractivity contribution in [3.8, 4) is 11.3 Å². The Labute approximate surface area is 165 Å². The summed E-state index contributed by atoms with van der Waals surface area (Å²) < 4.78 is 0. The van der Waals surface area contributed by atoms with Gasteiger partial charge in [-0.3, -0.25) is 4.79 Å². The van der Waals surface area contributed by atoms with Crippen LogP contribution in [0.25, 0.3) is 11.3 Å². The summed E-state index contributed by atoms with van der Waals surface area (Å²) in [6.07, 6.45) is 0.712. The van der Waals surface area contributed by atoms with Gasteiger partial charge in [-0.25, -0.2) is 4.98 Å². The minimum Gasteiger partial charge on any atom is -0.399 e. The molecular formula is C19H18ClN3OS2. The van der Waals surface area contributed by atoms with Crippen LogP contribution in [0.5, 0.6) is 0 Å². The second kappa shape index (κ2) is 8.58. The van der Waals surface area contributed by atoms with Crippen molar-refractivity contribution in [3.63, 3.8) is 0 Å². The van der Waals surface area contributed by atoms with Gasteiger partial charge in [0.25, 0.3) is 0 Å². The van der Waals surface area contributed by atoms with Gasteiger partial charge in [-0.1, -0.05) is 36.7 Å². The van der Waals surface area contributed by atoms with Crippen molar-refractivity contribution in [2.75, 3.05) is 11.1 Å². The van der Waals surface area contributed by atoms with E-state index < -0.39 is 0 Å². The van der Waals surface area contributed by atoms with Crippen molar-refractivity contribution in [1.29, 1.82) is 0 Å². The number of aromatic nitrogens is 1. The molecule has 1 heterocycles. The normalized spacial score (nSPS) is 11.9. The highest BCUT2D eigenvalue weighted by atomic mass is 35.5. The number of anilines is 2. The third-order valence-electron chi connectivity index (χ3n) is 3.71. The molecule has 1 atom stereocenters. The fraction of sp³-hybridized carbons (Fsp3) is 0.158. The molecule has 0 bridgehead atoms. The summed E-state index contributed by atoms with van der Waals surface area (Å²) in [6.45, 7) is 1.99. The molecule has 0 aliphatic heterocycles. The fourth-order valence-electron chi connectivity index (χ4n) is 2.34. The molecule has 4 nitrogen and oxygen atoms in total. The monoisotopic (exact) mass is 403 g/mol. The average Bonchev–Trinajstić information content (AvgIpc) is 3.09. The van der Waals surface area contributed by atoms with Gasteiger partial charge in [-0.2, -0.15) is 0 Å². The molecule has 7 heteroatoms. The van der Waals surface area contributed by atoms with Crippen molar-refractivity contribution in [2.45, 2.75) is 23.5 Å². The first-order valence-corrected chi connectivity index (χ1v) is 10.2. The number of amides is 1. The van der Waals surface area contributed by atoms with Crippen LogP contribution in [0.3, 0.4) is 0 Å². The largest absolute Gasteiger partial charge is 0.399 e. The van der Waals surface area contributed by atoms with Gasteiger partial charge in [-0.05, 0) is 36.8 Å². The number of carbonyl (C=O) groups excluding carboxylic acids is 1. The van der Waals surface area contributed by atoms with Crippen LogP contribution < -0.4 is 11.1 Å². The maximum absolute atomic E-state index is 12.6. The third-order valence-corrected chi connectivity index (χ3v) is 6.17. The van der Waals surface area contributed by atoms with Crippen molar-refractivity contribution in [3.05, 3.63) is 58.9 Å². The van der Waals surface area contributed by atoms with E-state index in [0.29, 0.717) is 22.3 Å². The van der Waals surface area contributed by atoms with E-state index in [0.717, 1.165) is 16.2 Å². The summed E-state index contributed by atoms with van der Waals surface area (Å²) in [5.41, 5.74) is 8.03. The molecule has 0 aliphatic rings. The number of thiazole rings is 1. The molecule has 0 aliphatic carbocycles. The molecule has 134 valence electrons. The second-order valence-electron chi connectivity index (χ2n) is 5.59. The molecule has 1 aromatic heterocycles. The third kappa shape index (κ3) is 4.58. The molecular weight excluding hydrogens is 386 g/mol. The predicted octanol–water partition coefficient (Wildman–Crippen LogP) is 5.56. The molecule has 3 N–H and O–H groups in total. The molecule has 1 unspecified atom stereocenters. The minimum absolute atomic E-state index is 0.0608. The lowest BCUT2D eigenvalue weighted by molar-refractivity contribution is -0.115. The quantitative estimate of drug-likeness (QED) is 0.418. The Morgan fingerprint density at radius 1 is 1.27 bits per heavy atom. The second-order valence-corrected chi connectivity index (χ2v) is 8.13. The molecule has 0 radical (unpaired) electrons. The standard InChI is InChI=1S/C19H18ClN3OS2/c1-2-17(26-13-9-7-12(21)8-10-13)18(24)23-19-22-16(11-25-19)14-5-3-4-6-15(14)20/h3-11,17H,2,21H2,1H3,(H,22,23,24). The van der Waals surface area contributed by atoms with E-state index in [1.54, 1.807) is 0 Å². The van der Waals surface area contributed by atoms with Crippen LogP contribution in [0.15, 0.2) is 58.8 Å². The first kappa shape index (κ1) is 18.8. The Morgan fingerprint density at radius 2 is 2.00 bits per heavy atom. The lowest BCUT2D eigenvalue weighted by Gasteiger charge is -2.13. The van der Waals surface area contributed by atoms with Gasteiger partial charge in [0.05, 0.1) is 10.9 Å². The predicted molar refractivity (Wildman–Crippen MR) is 112 cm³/mol. The van der Waals surface area contributed by atoms with E-state index in [-0.39, 0.29) is 11.2 Å². The zero-order valence-electron chi connectivity index (χ0n) is 14.1. The number of hydrogen-bond donors (Lipinski definition) is 2. The molecule has 26 heavy (non-hydrogen) atoms. The number of nitrogens with two attached hydrogens (primary N) is 1. The highest BCUT2D eigenvalue weighted by Crippen LogP contribution is 2.31. The Bertz CT molecular complexity index is 896.